The summed E-state index contributed by atoms with van der Waals surface area (Å²) in [5.41, 5.74) is 0. The minimum atomic E-state index is -4.96. The van der Waals surface area contributed by atoms with Gasteiger partial charge in [-0.2, -0.15) is 0 Å². The van der Waals surface area contributed by atoms with Crippen LogP contribution in [0.25, 0.3) is 0 Å². The molecule has 0 radical (unpaired) electrons. The van der Waals surface area contributed by atoms with E-state index in [1.54, 1.807) is 0 Å². The third-order valence-electron chi connectivity index (χ3n) is 18.0. The van der Waals surface area contributed by atoms with Gasteiger partial charge in [-0.15, -0.1) is 0 Å². The third kappa shape index (κ3) is 66.0. The van der Waals surface area contributed by atoms with Crippen molar-refractivity contribution in [3.05, 3.63) is 0 Å². The van der Waals surface area contributed by atoms with E-state index in [1.165, 1.54) is 173 Å². The first-order chi connectivity index (χ1) is 45.2. The van der Waals surface area contributed by atoms with Crippen LogP contribution in [0.4, 0.5) is 0 Å². The van der Waals surface area contributed by atoms with Gasteiger partial charge in [-0.3, -0.25) is 37.3 Å². The molecule has 558 valence electrons. The van der Waals surface area contributed by atoms with Gasteiger partial charge in [0.2, 0.25) is 0 Å². The Morgan fingerprint density at radius 1 is 0.298 bits per heavy atom. The quantitative estimate of drug-likeness (QED) is 0.0222. The minimum absolute atomic E-state index is 0.103. The Morgan fingerprint density at radius 3 is 0.755 bits per heavy atom. The lowest BCUT2D eigenvalue weighted by atomic mass is 9.99. The second-order valence-electron chi connectivity index (χ2n) is 28.5. The molecule has 0 aliphatic carbocycles. The van der Waals surface area contributed by atoms with Crippen molar-refractivity contribution in [1.82, 2.24) is 0 Å². The largest absolute Gasteiger partial charge is 0.472 e. The molecule has 0 saturated carbocycles. The summed E-state index contributed by atoms with van der Waals surface area (Å²) < 4.78 is 68.4. The van der Waals surface area contributed by atoms with E-state index in [2.05, 4.69) is 55.4 Å². The van der Waals surface area contributed by atoms with Crippen LogP contribution < -0.4 is 0 Å². The van der Waals surface area contributed by atoms with E-state index in [4.69, 9.17) is 37.0 Å². The fraction of sp³-hybridized carbons (Fsp3) is 0.947. The summed E-state index contributed by atoms with van der Waals surface area (Å²) in [5.74, 6) is 0.907. The molecule has 0 heterocycles. The number of carbonyl (C=O) groups excluding carboxylic acids is 4. The first-order valence-electron chi connectivity index (χ1n) is 38.8. The van der Waals surface area contributed by atoms with E-state index in [-0.39, 0.29) is 25.7 Å². The highest BCUT2D eigenvalue weighted by molar-refractivity contribution is 7.47. The summed E-state index contributed by atoms with van der Waals surface area (Å²) in [5, 5.41) is 10.6. The van der Waals surface area contributed by atoms with E-state index >= 15 is 0 Å². The molecule has 3 N–H and O–H groups in total. The Balaban J connectivity index is 5.13. The Hall–Kier alpha value is -1.94. The van der Waals surface area contributed by atoms with Crippen molar-refractivity contribution in [3.63, 3.8) is 0 Å². The molecular formula is C75H146O17P2. The molecule has 0 aromatic rings. The number of unbranched alkanes of at least 4 members (excludes halogenated alkanes) is 36. The normalized spacial score (nSPS) is 14.7. The molecule has 0 saturated heterocycles. The summed E-state index contributed by atoms with van der Waals surface area (Å²) >= 11 is 0. The molecule has 0 fully saturated rings. The average molecular weight is 1380 g/mol. The molecule has 0 aliphatic heterocycles. The van der Waals surface area contributed by atoms with Gasteiger partial charge in [0.1, 0.15) is 19.3 Å². The number of rotatable bonds is 72. The van der Waals surface area contributed by atoms with Gasteiger partial charge in [0.05, 0.1) is 26.4 Å². The second-order valence-corrected chi connectivity index (χ2v) is 31.4. The molecule has 5 unspecified atom stereocenters. The van der Waals surface area contributed by atoms with Crippen LogP contribution in [0.5, 0.6) is 0 Å². The van der Waals surface area contributed by atoms with Gasteiger partial charge in [0, 0.05) is 25.7 Å². The number of phosphoric ester groups is 2. The number of hydrogen-bond acceptors (Lipinski definition) is 15. The molecule has 0 rings (SSSR count). The molecule has 0 aliphatic rings. The fourth-order valence-corrected chi connectivity index (χ4v) is 12.9. The van der Waals surface area contributed by atoms with Crippen molar-refractivity contribution in [2.75, 3.05) is 39.6 Å². The molecule has 0 spiro atoms. The first-order valence-corrected chi connectivity index (χ1v) is 41.8. The van der Waals surface area contributed by atoms with Gasteiger partial charge >= 0.3 is 39.5 Å². The van der Waals surface area contributed by atoms with Crippen LogP contribution in [0.1, 0.15) is 376 Å². The first kappa shape index (κ1) is 92.1. The van der Waals surface area contributed by atoms with Crippen molar-refractivity contribution in [3.8, 4) is 0 Å². The molecule has 0 aromatic carbocycles. The summed E-state index contributed by atoms with van der Waals surface area (Å²) in [6, 6.07) is 0. The highest BCUT2D eigenvalue weighted by Crippen LogP contribution is 2.45. The third-order valence-corrected chi connectivity index (χ3v) is 19.9. The molecule has 0 aromatic heterocycles. The maximum Gasteiger partial charge on any atom is 0.472 e. The van der Waals surface area contributed by atoms with Gasteiger partial charge in [-0.25, -0.2) is 9.13 Å². The molecular weight excluding hydrogens is 1230 g/mol. The van der Waals surface area contributed by atoms with Crippen molar-refractivity contribution in [2.45, 2.75) is 395 Å². The van der Waals surface area contributed by atoms with Crippen LogP contribution in [-0.2, 0) is 65.4 Å². The predicted molar refractivity (Wildman–Crippen MR) is 381 cm³/mol. The summed E-state index contributed by atoms with van der Waals surface area (Å²) in [4.78, 5) is 72.6. The van der Waals surface area contributed by atoms with Gasteiger partial charge in [-0.1, -0.05) is 325 Å². The molecule has 17 nitrogen and oxygen atoms in total. The molecule has 7 atom stereocenters. The standard InChI is InChI=1S/C75H146O17P2/c1-9-67(7)53-45-37-29-23-19-17-15-13-11-12-14-16-18-20-24-30-39-47-55-72(77)85-62-71(92-75(80)58-50-42-34-33-38-46-54-68(8)10-2)64-90-94(83,84)88-60-69(76)59-87-93(81,82)89-63-70(61-86-73(78)56-48-40-32-26-28-36-44-52-66(5)6)91-74(79)57-49-41-31-25-21-22-27-35-43-51-65(3)4/h65-71,76H,9-64H2,1-8H3,(H,81,82)(H,83,84)/t67?,68?,69?,70-,71-/m1/s1. The highest BCUT2D eigenvalue weighted by Gasteiger charge is 2.30. The zero-order chi connectivity index (χ0) is 69.6. The topological polar surface area (TPSA) is 237 Å². The maximum absolute atomic E-state index is 13.0. The van der Waals surface area contributed by atoms with Crippen LogP contribution in [0.15, 0.2) is 0 Å². The van der Waals surface area contributed by atoms with Crippen LogP contribution in [0.2, 0.25) is 0 Å². The lowest BCUT2D eigenvalue weighted by Gasteiger charge is -2.21. The molecule has 94 heavy (non-hydrogen) atoms. The lowest BCUT2D eigenvalue weighted by Crippen LogP contribution is -2.30. The second kappa shape index (κ2) is 64.4. The number of ether oxygens (including phenoxy) is 4. The molecule has 0 amide bonds. The molecule has 19 heteroatoms. The number of esters is 4. The number of phosphoric acid groups is 2. The monoisotopic (exact) mass is 1380 g/mol. The van der Waals surface area contributed by atoms with Crippen LogP contribution in [-0.4, -0.2) is 96.7 Å². The number of aliphatic hydroxyl groups is 1. The highest BCUT2D eigenvalue weighted by atomic mass is 31.2. The van der Waals surface area contributed by atoms with E-state index in [0.29, 0.717) is 31.6 Å². The summed E-state index contributed by atoms with van der Waals surface area (Å²) in [6.45, 7) is 14.1. The Bertz CT molecular complexity index is 1850. The number of aliphatic hydroxyl groups excluding tert-OH is 1. The van der Waals surface area contributed by atoms with Crippen LogP contribution in [0, 0.1) is 23.7 Å². The SMILES string of the molecule is CCC(C)CCCCCCCCCCCCCCCCCCCCC(=O)OC[C@H](COP(=O)(O)OCC(O)COP(=O)(O)OC[C@@H](COC(=O)CCCCCCCCCC(C)C)OC(=O)CCCCCCCCCCCC(C)C)OC(=O)CCCCCCCCC(C)CC. The fourth-order valence-electron chi connectivity index (χ4n) is 11.3. The van der Waals surface area contributed by atoms with Crippen molar-refractivity contribution >= 4 is 39.5 Å². The van der Waals surface area contributed by atoms with Gasteiger partial charge in [0.25, 0.3) is 0 Å². The van der Waals surface area contributed by atoms with Gasteiger partial charge < -0.3 is 33.8 Å². The van der Waals surface area contributed by atoms with Gasteiger partial charge in [-0.05, 0) is 49.4 Å². The van der Waals surface area contributed by atoms with E-state index in [9.17, 15) is 43.2 Å². The Morgan fingerprint density at radius 2 is 0.511 bits per heavy atom. The number of carbonyl (C=O) groups is 4. The van der Waals surface area contributed by atoms with Crippen LogP contribution in [0.3, 0.4) is 0 Å². The van der Waals surface area contributed by atoms with E-state index < -0.39 is 97.5 Å². The maximum atomic E-state index is 13.0. The number of hydrogen-bond donors (Lipinski definition) is 3. The van der Waals surface area contributed by atoms with E-state index in [1.807, 2.05) is 0 Å². The minimum Gasteiger partial charge on any atom is -0.462 e. The predicted octanol–water partition coefficient (Wildman–Crippen LogP) is 21.7. The van der Waals surface area contributed by atoms with Crippen molar-refractivity contribution in [2.24, 2.45) is 23.7 Å². The van der Waals surface area contributed by atoms with Crippen molar-refractivity contribution < 1.29 is 80.2 Å². The smallest absolute Gasteiger partial charge is 0.462 e. The van der Waals surface area contributed by atoms with E-state index in [0.717, 1.165) is 114 Å². The average Bonchev–Trinajstić information content (AvgIpc) is 1.39. The zero-order valence-electron chi connectivity index (χ0n) is 61.6. The zero-order valence-corrected chi connectivity index (χ0v) is 63.4. The Labute approximate surface area is 575 Å². The Kier molecular flexibility index (Phi) is 63.1. The summed E-state index contributed by atoms with van der Waals surface area (Å²) in [7, 11) is -9.91. The lowest BCUT2D eigenvalue weighted by molar-refractivity contribution is -0.161. The summed E-state index contributed by atoms with van der Waals surface area (Å²) in [6.07, 6.45) is 48.9. The van der Waals surface area contributed by atoms with Gasteiger partial charge in [0.15, 0.2) is 12.2 Å². The van der Waals surface area contributed by atoms with Crippen molar-refractivity contribution in [1.29, 1.82) is 0 Å². The van der Waals surface area contributed by atoms with Crippen LogP contribution >= 0.6 is 15.6 Å². The molecule has 0 bridgehead atoms.